The summed E-state index contributed by atoms with van der Waals surface area (Å²) in [4.78, 5) is 4.39. The van der Waals surface area contributed by atoms with Crippen LogP contribution < -0.4 is 0 Å². The van der Waals surface area contributed by atoms with Crippen LogP contribution >= 0.6 is 0 Å². The molecule has 1 fully saturated rings. The zero-order valence-corrected chi connectivity index (χ0v) is 11.4. The van der Waals surface area contributed by atoms with Gasteiger partial charge in [-0.1, -0.05) is 33.6 Å². The average molecular weight is 236 g/mol. The van der Waals surface area contributed by atoms with Crippen LogP contribution in [0.25, 0.3) is 0 Å². The van der Waals surface area contributed by atoms with E-state index in [1.54, 1.807) is 6.20 Å². The van der Waals surface area contributed by atoms with Gasteiger partial charge in [0.2, 0.25) is 0 Å². The number of aromatic nitrogens is 2. The molecule has 1 heterocycles. The quantitative estimate of drug-likeness (QED) is 0.814. The van der Waals surface area contributed by atoms with Crippen LogP contribution in [0.3, 0.4) is 0 Å². The van der Waals surface area contributed by atoms with Crippen LogP contribution in [-0.2, 0) is 12.6 Å². The van der Waals surface area contributed by atoms with Gasteiger partial charge in [-0.2, -0.15) is 0 Å². The van der Waals surface area contributed by atoms with Gasteiger partial charge >= 0.3 is 0 Å². The molecule has 1 saturated carbocycles. The highest BCUT2D eigenvalue weighted by Gasteiger charge is 2.48. The molecule has 17 heavy (non-hydrogen) atoms. The third kappa shape index (κ3) is 2.13. The lowest BCUT2D eigenvalue weighted by Crippen LogP contribution is -2.46. The molecule has 1 aromatic rings. The highest BCUT2D eigenvalue weighted by Crippen LogP contribution is 2.49. The Morgan fingerprint density at radius 1 is 1.41 bits per heavy atom. The van der Waals surface area contributed by atoms with Gasteiger partial charge in [-0.05, 0) is 24.2 Å². The summed E-state index contributed by atoms with van der Waals surface area (Å²) >= 11 is 0. The summed E-state index contributed by atoms with van der Waals surface area (Å²) in [6, 6.07) is 0. The third-order valence-corrected chi connectivity index (χ3v) is 4.13. The zero-order chi connectivity index (χ0) is 12.7. The SMILES string of the molecule is Cn1ccnc1C1(O)CCCCC1C(C)(C)C. The Labute approximate surface area is 104 Å². The van der Waals surface area contributed by atoms with Crippen LogP contribution in [0.15, 0.2) is 12.4 Å². The van der Waals surface area contributed by atoms with Crippen LogP contribution in [0.1, 0.15) is 52.3 Å². The molecule has 0 amide bonds. The molecule has 96 valence electrons. The third-order valence-electron chi connectivity index (χ3n) is 4.13. The zero-order valence-electron chi connectivity index (χ0n) is 11.4. The van der Waals surface area contributed by atoms with Gasteiger partial charge in [0.15, 0.2) is 0 Å². The van der Waals surface area contributed by atoms with Crippen LogP contribution in [-0.4, -0.2) is 14.7 Å². The molecule has 1 aliphatic carbocycles. The Kier molecular flexibility index (Phi) is 3.06. The molecule has 0 aliphatic heterocycles. The first kappa shape index (κ1) is 12.6. The van der Waals surface area contributed by atoms with Gasteiger partial charge < -0.3 is 9.67 Å². The van der Waals surface area contributed by atoms with Gasteiger partial charge in [-0.25, -0.2) is 4.98 Å². The lowest BCUT2D eigenvalue weighted by Gasteiger charge is -2.46. The van der Waals surface area contributed by atoms with Crippen molar-refractivity contribution in [3.63, 3.8) is 0 Å². The maximum Gasteiger partial charge on any atom is 0.140 e. The van der Waals surface area contributed by atoms with E-state index in [9.17, 15) is 5.11 Å². The van der Waals surface area contributed by atoms with Gasteiger partial charge in [0.25, 0.3) is 0 Å². The predicted molar refractivity (Wildman–Crippen MR) is 68.5 cm³/mol. The van der Waals surface area contributed by atoms with E-state index in [0.29, 0.717) is 0 Å². The van der Waals surface area contributed by atoms with E-state index in [0.717, 1.165) is 25.1 Å². The Balaban J connectivity index is 2.42. The Morgan fingerprint density at radius 3 is 2.65 bits per heavy atom. The Bertz CT molecular complexity index is 391. The fourth-order valence-corrected chi connectivity index (χ4v) is 3.36. The lowest BCUT2D eigenvalue weighted by atomic mass is 9.63. The highest BCUT2D eigenvalue weighted by atomic mass is 16.3. The summed E-state index contributed by atoms with van der Waals surface area (Å²) in [6.45, 7) is 6.66. The minimum Gasteiger partial charge on any atom is -0.382 e. The fraction of sp³-hybridized carbons (Fsp3) is 0.786. The summed E-state index contributed by atoms with van der Waals surface area (Å²) < 4.78 is 1.96. The minimum absolute atomic E-state index is 0.112. The van der Waals surface area contributed by atoms with Gasteiger partial charge in [-0.3, -0.25) is 0 Å². The molecule has 1 aliphatic rings. The van der Waals surface area contributed by atoms with E-state index in [1.165, 1.54) is 6.42 Å². The van der Waals surface area contributed by atoms with Crippen molar-refractivity contribution in [3.8, 4) is 0 Å². The van der Waals surface area contributed by atoms with Crippen molar-refractivity contribution in [2.45, 2.75) is 52.1 Å². The molecule has 2 unspecified atom stereocenters. The van der Waals surface area contributed by atoms with Crippen molar-refractivity contribution in [2.24, 2.45) is 18.4 Å². The molecule has 2 atom stereocenters. The summed E-state index contributed by atoms with van der Waals surface area (Å²) in [5, 5.41) is 11.1. The predicted octanol–water partition coefficient (Wildman–Crippen LogP) is 2.84. The number of hydrogen-bond acceptors (Lipinski definition) is 2. The van der Waals surface area contributed by atoms with E-state index < -0.39 is 5.60 Å². The summed E-state index contributed by atoms with van der Waals surface area (Å²) in [6.07, 6.45) is 7.93. The summed E-state index contributed by atoms with van der Waals surface area (Å²) in [7, 11) is 1.97. The van der Waals surface area contributed by atoms with Gasteiger partial charge in [0, 0.05) is 19.4 Å². The van der Waals surface area contributed by atoms with Crippen LogP contribution in [0.2, 0.25) is 0 Å². The standard InChI is InChI=1S/C14H24N2O/c1-13(2,3)11-7-5-6-8-14(11,17)12-15-9-10-16(12)4/h9-11,17H,5-8H2,1-4H3. The monoisotopic (exact) mass is 236 g/mol. The molecule has 0 radical (unpaired) electrons. The molecular weight excluding hydrogens is 212 g/mol. The van der Waals surface area contributed by atoms with Crippen LogP contribution in [0.4, 0.5) is 0 Å². The molecule has 2 rings (SSSR count). The molecular formula is C14H24N2O. The highest BCUT2D eigenvalue weighted by molar-refractivity contribution is 5.10. The Hall–Kier alpha value is -0.830. The average Bonchev–Trinajstić information content (AvgIpc) is 2.64. The molecule has 1 N–H and O–H groups in total. The number of aryl methyl sites for hydroxylation is 1. The number of nitrogens with zero attached hydrogens (tertiary/aromatic N) is 2. The first-order chi connectivity index (χ1) is 7.86. The number of aliphatic hydroxyl groups is 1. The summed E-state index contributed by atoms with van der Waals surface area (Å²) in [5.74, 6) is 1.11. The largest absolute Gasteiger partial charge is 0.382 e. The van der Waals surface area contributed by atoms with E-state index in [2.05, 4.69) is 25.8 Å². The Morgan fingerprint density at radius 2 is 2.12 bits per heavy atom. The second-order valence-electron chi connectivity index (χ2n) is 6.45. The van der Waals surface area contributed by atoms with Crippen molar-refractivity contribution in [1.82, 2.24) is 9.55 Å². The molecule has 0 spiro atoms. The van der Waals surface area contributed by atoms with Crippen molar-refractivity contribution in [2.75, 3.05) is 0 Å². The van der Waals surface area contributed by atoms with Crippen molar-refractivity contribution in [1.29, 1.82) is 0 Å². The van der Waals surface area contributed by atoms with E-state index in [1.807, 2.05) is 17.8 Å². The maximum absolute atomic E-state index is 11.1. The van der Waals surface area contributed by atoms with E-state index in [-0.39, 0.29) is 11.3 Å². The second kappa shape index (κ2) is 4.13. The first-order valence-electron chi connectivity index (χ1n) is 6.56. The summed E-state index contributed by atoms with van der Waals surface area (Å²) in [5.41, 5.74) is -0.643. The normalized spacial score (nSPS) is 30.5. The number of rotatable bonds is 1. The topological polar surface area (TPSA) is 38.0 Å². The lowest BCUT2D eigenvalue weighted by molar-refractivity contribution is -0.104. The maximum atomic E-state index is 11.1. The van der Waals surface area contributed by atoms with Gasteiger partial charge in [-0.15, -0.1) is 0 Å². The molecule has 0 saturated heterocycles. The van der Waals surface area contributed by atoms with Crippen molar-refractivity contribution >= 4 is 0 Å². The van der Waals surface area contributed by atoms with E-state index in [4.69, 9.17) is 0 Å². The fourth-order valence-electron chi connectivity index (χ4n) is 3.36. The minimum atomic E-state index is -0.755. The second-order valence-corrected chi connectivity index (χ2v) is 6.45. The molecule has 0 bridgehead atoms. The molecule has 0 aromatic carbocycles. The van der Waals surface area contributed by atoms with Crippen LogP contribution in [0, 0.1) is 11.3 Å². The number of imidazole rings is 1. The van der Waals surface area contributed by atoms with Gasteiger partial charge in [0.1, 0.15) is 11.4 Å². The van der Waals surface area contributed by atoms with Gasteiger partial charge in [0.05, 0.1) is 0 Å². The smallest absolute Gasteiger partial charge is 0.140 e. The molecule has 3 heteroatoms. The van der Waals surface area contributed by atoms with E-state index >= 15 is 0 Å². The molecule has 3 nitrogen and oxygen atoms in total. The number of hydrogen-bond donors (Lipinski definition) is 1. The van der Waals surface area contributed by atoms with Crippen LogP contribution in [0.5, 0.6) is 0 Å². The first-order valence-corrected chi connectivity index (χ1v) is 6.56. The molecule has 1 aromatic heterocycles. The van der Waals surface area contributed by atoms with Crippen molar-refractivity contribution < 1.29 is 5.11 Å². The van der Waals surface area contributed by atoms with Crippen molar-refractivity contribution in [3.05, 3.63) is 18.2 Å².